The van der Waals surface area contributed by atoms with Crippen LogP contribution in [0.1, 0.15) is 24.4 Å². The highest BCUT2D eigenvalue weighted by atomic mass is 32.1. The lowest BCUT2D eigenvalue weighted by Crippen LogP contribution is -2.25. The Morgan fingerprint density at radius 1 is 1.44 bits per heavy atom. The van der Waals surface area contributed by atoms with Crippen LogP contribution in [0.3, 0.4) is 0 Å². The fourth-order valence-corrected chi connectivity index (χ4v) is 2.78. The number of rotatable bonds is 5. The monoisotopic (exact) mass is 264 g/mol. The number of aryl methyl sites for hydroxylation is 2. The summed E-state index contributed by atoms with van der Waals surface area (Å²) in [5, 5.41) is 6.59. The highest BCUT2D eigenvalue weighted by molar-refractivity contribution is 7.09. The molecule has 0 unspecified atom stereocenters. The summed E-state index contributed by atoms with van der Waals surface area (Å²) in [5.41, 5.74) is 7.88. The SMILES string of the molecule is CCN(Cc1cccs1)c1c(N)c(C)nn1CC. The molecule has 4 nitrogen and oxygen atoms in total. The number of anilines is 2. The van der Waals surface area contributed by atoms with Crippen molar-refractivity contribution < 1.29 is 0 Å². The normalized spacial score (nSPS) is 10.8. The third-order valence-corrected chi connectivity index (χ3v) is 3.91. The maximum atomic E-state index is 6.16. The van der Waals surface area contributed by atoms with Crippen molar-refractivity contribution in [2.75, 3.05) is 17.2 Å². The number of hydrogen-bond acceptors (Lipinski definition) is 4. The lowest BCUT2D eigenvalue weighted by Gasteiger charge is -2.23. The van der Waals surface area contributed by atoms with Gasteiger partial charge in [-0.15, -0.1) is 11.3 Å². The first-order chi connectivity index (χ1) is 8.67. The van der Waals surface area contributed by atoms with Crippen molar-refractivity contribution in [2.24, 2.45) is 0 Å². The predicted octanol–water partition coefficient (Wildman–Crippen LogP) is 2.88. The number of aromatic nitrogens is 2. The van der Waals surface area contributed by atoms with Crippen LogP contribution in [0.4, 0.5) is 11.5 Å². The topological polar surface area (TPSA) is 47.1 Å². The first-order valence-corrected chi connectivity index (χ1v) is 7.15. The molecule has 0 spiro atoms. The largest absolute Gasteiger partial charge is 0.394 e. The van der Waals surface area contributed by atoms with Crippen molar-refractivity contribution in [3.8, 4) is 0 Å². The maximum Gasteiger partial charge on any atom is 0.150 e. The molecule has 0 aliphatic carbocycles. The van der Waals surface area contributed by atoms with Crippen molar-refractivity contribution in [1.82, 2.24) is 9.78 Å². The van der Waals surface area contributed by atoms with E-state index in [0.717, 1.165) is 36.8 Å². The average Bonchev–Trinajstić information content (AvgIpc) is 2.97. The van der Waals surface area contributed by atoms with Gasteiger partial charge in [0.2, 0.25) is 0 Å². The summed E-state index contributed by atoms with van der Waals surface area (Å²) < 4.78 is 1.99. The molecule has 0 aromatic carbocycles. The molecule has 0 fully saturated rings. The van der Waals surface area contributed by atoms with Gasteiger partial charge in [-0.3, -0.25) is 0 Å². The second kappa shape index (κ2) is 5.44. The molecule has 2 N–H and O–H groups in total. The van der Waals surface area contributed by atoms with E-state index in [9.17, 15) is 0 Å². The minimum absolute atomic E-state index is 0.801. The molecular weight excluding hydrogens is 244 g/mol. The first-order valence-electron chi connectivity index (χ1n) is 6.27. The fraction of sp³-hybridized carbons (Fsp3) is 0.462. The van der Waals surface area contributed by atoms with Crippen LogP contribution in [-0.4, -0.2) is 16.3 Å². The third-order valence-electron chi connectivity index (χ3n) is 3.05. The molecule has 0 aliphatic rings. The Hall–Kier alpha value is -1.49. The quantitative estimate of drug-likeness (QED) is 0.903. The molecule has 0 saturated carbocycles. The molecule has 2 rings (SSSR count). The molecule has 2 heterocycles. The fourth-order valence-electron chi connectivity index (χ4n) is 2.06. The molecule has 0 bridgehead atoms. The van der Waals surface area contributed by atoms with Gasteiger partial charge < -0.3 is 10.6 Å². The van der Waals surface area contributed by atoms with Gasteiger partial charge >= 0.3 is 0 Å². The zero-order valence-corrected chi connectivity index (χ0v) is 12.0. The molecule has 5 heteroatoms. The van der Waals surface area contributed by atoms with Crippen LogP contribution in [0.5, 0.6) is 0 Å². The zero-order valence-electron chi connectivity index (χ0n) is 11.2. The van der Waals surface area contributed by atoms with Gasteiger partial charge in [-0.2, -0.15) is 5.10 Å². The van der Waals surface area contributed by atoms with Crippen LogP contribution >= 0.6 is 11.3 Å². The highest BCUT2D eigenvalue weighted by Crippen LogP contribution is 2.28. The lowest BCUT2D eigenvalue weighted by molar-refractivity contribution is 0.632. The van der Waals surface area contributed by atoms with Crippen LogP contribution in [0.2, 0.25) is 0 Å². The maximum absolute atomic E-state index is 6.16. The molecule has 0 saturated heterocycles. The van der Waals surface area contributed by atoms with Crippen LogP contribution in [0, 0.1) is 6.92 Å². The number of hydrogen-bond donors (Lipinski definition) is 1. The van der Waals surface area contributed by atoms with Crippen molar-refractivity contribution in [2.45, 2.75) is 33.9 Å². The van der Waals surface area contributed by atoms with Gasteiger partial charge in [0.1, 0.15) is 0 Å². The molecule has 0 amide bonds. The van der Waals surface area contributed by atoms with Crippen LogP contribution in [0.25, 0.3) is 0 Å². The summed E-state index contributed by atoms with van der Waals surface area (Å²) in [6.45, 7) is 8.86. The van der Waals surface area contributed by atoms with Gasteiger partial charge in [-0.05, 0) is 32.2 Å². The third kappa shape index (κ3) is 2.36. The number of nitrogens with zero attached hydrogens (tertiary/aromatic N) is 3. The molecule has 0 radical (unpaired) electrons. The summed E-state index contributed by atoms with van der Waals surface area (Å²) in [7, 11) is 0. The second-order valence-electron chi connectivity index (χ2n) is 4.23. The van der Waals surface area contributed by atoms with Crippen LogP contribution in [-0.2, 0) is 13.1 Å². The van der Waals surface area contributed by atoms with E-state index in [1.54, 1.807) is 11.3 Å². The van der Waals surface area contributed by atoms with Crippen molar-refractivity contribution in [3.05, 3.63) is 28.1 Å². The van der Waals surface area contributed by atoms with Crippen molar-refractivity contribution in [1.29, 1.82) is 0 Å². The van der Waals surface area contributed by atoms with E-state index in [0.29, 0.717) is 0 Å². The van der Waals surface area contributed by atoms with E-state index >= 15 is 0 Å². The van der Waals surface area contributed by atoms with E-state index in [2.05, 4.69) is 41.4 Å². The van der Waals surface area contributed by atoms with Crippen molar-refractivity contribution in [3.63, 3.8) is 0 Å². The Morgan fingerprint density at radius 2 is 2.22 bits per heavy atom. The minimum Gasteiger partial charge on any atom is -0.394 e. The van der Waals surface area contributed by atoms with Crippen LogP contribution < -0.4 is 10.6 Å². The van der Waals surface area contributed by atoms with Gasteiger partial charge in [0.15, 0.2) is 5.82 Å². The number of nitrogens with two attached hydrogens (primary N) is 1. The highest BCUT2D eigenvalue weighted by Gasteiger charge is 2.17. The molecule has 18 heavy (non-hydrogen) atoms. The Kier molecular flexibility index (Phi) is 3.91. The van der Waals surface area contributed by atoms with Gasteiger partial charge in [-0.25, -0.2) is 4.68 Å². The number of nitrogen functional groups attached to an aromatic ring is 1. The van der Waals surface area contributed by atoms with E-state index < -0.39 is 0 Å². The molecule has 2 aromatic heterocycles. The van der Waals surface area contributed by atoms with Gasteiger partial charge in [0, 0.05) is 18.0 Å². The van der Waals surface area contributed by atoms with E-state index in [1.165, 1.54) is 4.88 Å². The number of thiophene rings is 1. The molecule has 98 valence electrons. The smallest absolute Gasteiger partial charge is 0.150 e. The summed E-state index contributed by atoms with van der Waals surface area (Å²) >= 11 is 1.78. The molecule has 2 aromatic rings. The molecular formula is C13H20N4S. The average molecular weight is 264 g/mol. The Balaban J connectivity index is 2.32. The first kappa shape index (κ1) is 13.0. The summed E-state index contributed by atoms with van der Waals surface area (Å²) in [5.74, 6) is 1.05. The lowest BCUT2D eigenvalue weighted by atomic mass is 10.3. The summed E-state index contributed by atoms with van der Waals surface area (Å²) in [6, 6.07) is 4.24. The van der Waals surface area contributed by atoms with E-state index in [1.807, 2.05) is 11.6 Å². The van der Waals surface area contributed by atoms with Crippen molar-refractivity contribution >= 4 is 22.8 Å². The summed E-state index contributed by atoms with van der Waals surface area (Å²) in [4.78, 5) is 3.63. The molecule has 0 atom stereocenters. The van der Waals surface area contributed by atoms with E-state index in [-0.39, 0.29) is 0 Å². The van der Waals surface area contributed by atoms with E-state index in [4.69, 9.17) is 5.73 Å². The Labute approximate surface area is 112 Å². The molecule has 0 aliphatic heterocycles. The van der Waals surface area contributed by atoms with Gasteiger partial charge in [-0.1, -0.05) is 6.07 Å². The second-order valence-corrected chi connectivity index (χ2v) is 5.26. The van der Waals surface area contributed by atoms with Crippen LogP contribution in [0.15, 0.2) is 17.5 Å². The minimum atomic E-state index is 0.801. The zero-order chi connectivity index (χ0) is 13.1. The van der Waals surface area contributed by atoms with Gasteiger partial charge in [0.05, 0.1) is 17.9 Å². The Bertz CT molecular complexity index is 501. The standard InChI is InChI=1S/C13H20N4S/c1-4-16(9-11-7-6-8-18-11)13-12(14)10(3)15-17(13)5-2/h6-8H,4-5,9,14H2,1-3H3. The predicted molar refractivity (Wildman–Crippen MR) is 78.1 cm³/mol. The summed E-state index contributed by atoms with van der Waals surface area (Å²) in [6.07, 6.45) is 0. The Morgan fingerprint density at radius 3 is 2.78 bits per heavy atom. The van der Waals surface area contributed by atoms with Gasteiger partial charge in [0.25, 0.3) is 0 Å².